The number of amides is 1. The molecule has 1 N–H and O–H groups in total. The maximum atomic E-state index is 11.4. The number of nitrogens with one attached hydrogen (secondary N) is 1. The van der Waals surface area contributed by atoms with Crippen molar-refractivity contribution in [1.82, 2.24) is 5.32 Å². The molecule has 0 aliphatic carbocycles. The van der Waals surface area contributed by atoms with E-state index in [0.29, 0.717) is 12.0 Å². The molecule has 0 fully saturated rings. The smallest absolute Gasteiger partial charge is 0.246 e. The Kier molecular flexibility index (Phi) is 4.18. The van der Waals surface area contributed by atoms with Gasteiger partial charge < -0.3 is 5.32 Å². The summed E-state index contributed by atoms with van der Waals surface area (Å²) in [5.74, 6) is -0.0232. The van der Waals surface area contributed by atoms with Crippen LogP contribution in [-0.4, -0.2) is 11.9 Å². The number of rotatable bonds is 3. The molecule has 2 nitrogen and oxygen atoms in total. The third-order valence-electron chi connectivity index (χ3n) is 2.39. The number of carbonyl (C=O) groups excluding carboxylic acids is 1. The fourth-order valence-electron chi connectivity index (χ4n) is 0.676. The minimum absolute atomic E-state index is 0.0232. The first-order valence-electron chi connectivity index (χ1n) is 4.77. The van der Waals surface area contributed by atoms with Crippen LogP contribution in [0.25, 0.3) is 0 Å². The van der Waals surface area contributed by atoms with Crippen LogP contribution in [0.15, 0.2) is 12.2 Å². The van der Waals surface area contributed by atoms with Crippen LogP contribution in [0.2, 0.25) is 0 Å². The van der Waals surface area contributed by atoms with Crippen LogP contribution >= 0.6 is 0 Å². The topological polar surface area (TPSA) is 29.1 Å². The fourth-order valence-corrected chi connectivity index (χ4v) is 0.676. The monoisotopic (exact) mass is 183 g/mol. The molecule has 0 spiro atoms. The summed E-state index contributed by atoms with van der Waals surface area (Å²) in [4.78, 5) is 11.4. The van der Waals surface area contributed by atoms with E-state index in [1.165, 1.54) is 0 Å². The Morgan fingerprint density at radius 2 is 1.92 bits per heavy atom. The minimum Gasteiger partial charge on any atom is -0.349 e. The van der Waals surface area contributed by atoms with Crippen molar-refractivity contribution >= 4 is 5.91 Å². The average Bonchev–Trinajstić information content (AvgIpc) is 2.01. The highest BCUT2D eigenvalue weighted by atomic mass is 16.1. The summed E-state index contributed by atoms with van der Waals surface area (Å²) in [5.41, 5.74) is 0.750. The van der Waals surface area contributed by atoms with Crippen molar-refractivity contribution < 1.29 is 4.79 Å². The van der Waals surface area contributed by atoms with Gasteiger partial charge in [-0.1, -0.05) is 34.3 Å². The molecular weight excluding hydrogens is 162 g/mol. The van der Waals surface area contributed by atoms with Crippen LogP contribution < -0.4 is 5.32 Å². The van der Waals surface area contributed by atoms with E-state index in [-0.39, 0.29) is 17.4 Å². The van der Waals surface area contributed by atoms with E-state index >= 15 is 0 Å². The van der Waals surface area contributed by atoms with Gasteiger partial charge in [-0.25, -0.2) is 0 Å². The Bertz CT molecular complexity index is 201. The molecule has 13 heavy (non-hydrogen) atoms. The zero-order chi connectivity index (χ0) is 10.6. The normalized spacial score (nSPS) is 13.6. The molecule has 0 aliphatic rings. The number of hydrogen-bond donors (Lipinski definition) is 1. The summed E-state index contributed by atoms with van der Waals surface area (Å²) in [6.45, 7) is 14.0. The second-order valence-electron chi connectivity index (χ2n) is 4.52. The van der Waals surface area contributed by atoms with Crippen LogP contribution in [0.5, 0.6) is 0 Å². The van der Waals surface area contributed by atoms with Gasteiger partial charge in [-0.15, -0.1) is 0 Å². The van der Waals surface area contributed by atoms with Crippen molar-refractivity contribution in [2.24, 2.45) is 5.41 Å². The van der Waals surface area contributed by atoms with Crippen molar-refractivity contribution in [3.63, 3.8) is 0 Å². The Morgan fingerprint density at radius 3 is 2.23 bits per heavy atom. The molecule has 0 radical (unpaired) electrons. The molecule has 1 amide bonds. The molecule has 0 heterocycles. The molecule has 0 aromatic rings. The first-order chi connectivity index (χ1) is 5.79. The molecule has 0 saturated carbocycles. The van der Waals surface area contributed by atoms with Crippen LogP contribution in [-0.2, 0) is 4.79 Å². The molecule has 2 heteroatoms. The summed E-state index contributed by atoms with van der Waals surface area (Å²) >= 11 is 0. The lowest BCUT2D eigenvalue weighted by Crippen LogP contribution is -2.41. The molecule has 0 saturated heterocycles. The van der Waals surface area contributed by atoms with E-state index in [2.05, 4.69) is 32.7 Å². The minimum atomic E-state index is -0.0232. The molecule has 0 aromatic heterocycles. The van der Waals surface area contributed by atoms with E-state index in [9.17, 15) is 4.79 Å². The van der Waals surface area contributed by atoms with Gasteiger partial charge in [0.15, 0.2) is 0 Å². The molecule has 1 unspecified atom stereocenters. The molecule has 0 bridgehead atoms. The fraction of sp³-hybridized carbons (Fsp3) is 0.727. The van der Waals surface area contributed by atoms with Crippen LogP contribution in [0.1, 0.15) is 41.0 Å². The Balaban J connectivity index is 4.15. The van der Waals surface area contributed by atoms with Crippen molar-refractivity contribution in [1.29, 1.82) is 0 Å². The van der Waals surface area contributed by atoms with Gasteiger partial charge in [0.25, 0.3) is 0 Å². The lowest BCUT2D eigenvalue weighted by atomic mass is 9.88. The Hall–Kier alpha value is -0.790. The second-order valence-corrected chi connectivity index (χ2v) is 4.52. The second kappa shape index (κ2) is 4.45. The highest BCUT2D eigenvalue weighted by Crippen LogP contribution is 2.18. The van der Waals surface area contributed by atoms with Gasteiger partial charge in [-0.2, -0.15) is 0 Å². The van der Waals surface area contributed by atoms with Crippen molar-refractivity contribution in [3.05, 3.63) is 12.2 Å². The van der Waals surface area contributed by atoms with Crippen molar-refractivity contribution in [2.45, 2.75) is 47.1 Å². The summed E-state index contributed by atoms with van der Waals surface area (Å²) < 4.78 is 0. The quantitative estimate of drug-likeness (QED) is 0.669. The molecule has 0 rings (SSSR count). The van der Waals surface area contributed by atoms with Crippen molar-refractivity contribution in [2.75, 3.05) is 0 Å². The summed E-state index contributed by atoms with van der Waals surface area (Å²) in [6, 6.07) is 0.170. The molecule has 0 aromatic carbocycles. The maximum Gasteiger partial charge on any atom is 0.246 e. The van der Waals surface area contributed by atoms with E-state index in [1.807, 2.05) is 13.8 Å². The zero-order valence-corrected chi connectivity index (χ0v) is 9.40. The largest absolute Gasteiger partial charge is 0.349 e. The molecule has 76 valence electrons. The number of carbonyl (C=O) groups is 1. The highest BCUT2D eigenvalue weighted by molar-refractivity contribution is 5.92. The molecular formula is C11H21NO. The third kappa shape index (κ3) is 4.11. The first kappa shape index (κ1) is 12.2. The van der Waals surface area contributed by atoms with Crippen LogP contribution in [0, 0.1) is 5.41 Å². The summed E-state index contributed by atoms with van der Waals surface area (Å²) in [5, 5.41) is 2.93. The predicted molar refractivity (Wildman–Crippen MR) is 56.5 cm³/mol. The lowest BCUT2D eigenvalue weighted by molar-refractivity contribution is -0.118. The first-order valence-corrected chi connectivity index (χ1v) is 4.77. The highest BCUT2D eigenvalue weighted by Gasteiger charge is 2.21. The van der Waals surface area contributed by atoms with Gasteiger partial charge in [0.1, 0.15) is 0 Å². The SMILES string of the molecule is C=C(CC)C(=O)NC(C)C(C)(C)C. The summed E-state index contributed by atoms with van der Waals surface area (Å²) in [7, 11) is 0. The van der Waals surface area contributed by atoms with Gasteiger partial charge >= 0.3 is 0 Å². The van der Waals surface area contributed by atoms with Crippen LogP contribution in [0.3, 0.4) is 0 Å². The van der Waals surface area contributed by atoms with E-state index in [1.54, 1.807) is 0 Å². The standard InChI is InChI=1S/C11H21NO/c1-7-8(2)10(13)12-9(3)11(4,5)6/h9H,2,7H2,1,3-6H3,(H,12,13). The maximum absolute atomic E-state index is 11.4. The van der Waals surface area contributed by atoms with Gasteiger partial charge in [0, 0.05) is 11.6 Å². The average molecular weight is 183 g/mol. The van der Waals surface area contributed by atoms with Gasteiger partial charge in [-0.3, -0.25) is 4.79 Å². The van der Waals surface area contributed by atoms with E-state index in [4.69, 9.17) is 0 Å². The van der Waals surface area contributed by atoms with Gasteiger partial charge in [-0.05, 0) is 18.8 Å². The predicted octanol–water partition coefficient (Wildman–Crippen LogP) is 2.50. The lowest BCUT2D eigenvalue weighted by Gasteiger charge is -2.28. The Labute approximate surface area is 81.4 Å². The van der Waals surface area contributed by atoms with Gasteiger partial charge in [0.2, 0.25) is 5.91 Å². The van der Waals surface area contributed by atoms with E-state index < -0.39 is 0 Å². The van der Waals surface area contributed by atoms with Gasteiger partial charge in [0.05, 0.1) is 0 Å². The molecule has 1 atom stereocenters. The Morgan fingerprint density at radius 1 is 1.46 bits per heavy atom. The molecule has 0 aliphatic heterocycles. The zero-order valence-electron chi connectivity index (χ0n) is 9.40. The van der Waals surface area contributed by atoms with E-state index in [0.717, 1.165) is 0 Å². The van der Waals surface area contributed by atoms with Crippen LogP contribution in [0.4, 0.5) is 0 Å². The van der Waals surface area contributed by atoms with Crippen molar-refractivity contribution in [3.8, 4) is 0 Å². The third-order valence-corrected chi connectivity index (χ3v) is 2.39. The number of hydrogen-bond acceptors (Lipinski definition) is 1. The summed E-state index contributed by atoms with van der Waals surface area (Å²) in [6.07, 6.45) is 0.711.